The molecule has 0 radical (unpaired) electrons. The molecule has 2 aromatic carbocycles. The Kier molecular flexibility index (Phi) is 6.13. The number of likely N-dealkylation sites (tertiary alicyclic amines) is 1. The predicted octanol–water partition coefficient (Wildman–Crippen LogP) is 5.05. The fourth-order valence-corrected chi connectivity index (χ4v) is 4.56. The molecule has 3 nitrogen and oxygen atoms in total. The third kappa shape index (κ3) is 4.31. The van der Waals surface area contributed by atoms with E-state index >= 15 is 0 Å². The number of carbonyl (C=O) groups is 1. The second-order valence-electron chi connectivity index (χ2n) is 7.74. The Labute approximate surface area is 172 Å². The SMILES string of the molecule is O=C1C(c2cccc(Cl)c2)CC=CCN1C(CN1CCCC1)c1ccccc1. The molecule has 0 saturated carbocycles. The maximum Gasteiger partial charge on any atom is 0.231 e. The number of hydrogen-bond acceptors (Lipinski definition) is 2. The minimum Gasteiger partial charge on any atom is -0.330 e. The monoisotopic (exact) mass is 394 g/mol. The lowest BCUT2D eigenvalue weighted by Crippen LogP contribution is -2.42. The van der Waals surface area contributed by atoms with E-state index in [4.69, 9.17) is 11.6 Å². The fraction of sp³-hybridized carbons (Fsp3) is 0.375. The molecule has 0 N–H and O–H groups in total. The van der Waals surface area contributed by atoms with Crippen molar-refractivity contribution in [2.24, 2.45) is 0 Å². The van der Waals surface area contributed by atoms with Crippen LogP contribution in [0.4, 0.5) is 0 Å². The van der Waals surface area contributed by atoms with Crippen LogP contribution in [0.25, 0.3) is 0 Å². The second kappa shape index (κ2) is 8.93. The van der Waals surface area contributed by atoms with E-state index in [0.717, 1.165) is 31.6 Å². The molecule has 0 aromatic heterocycles. The molecule has 2 aromatic rings. The van der Waals surface area contributed by atoms with Crippen LogP contribution in [0.1, 0.15) is 42.3 Å². The maximum absolute atomic E-state index is 13.7. The van der Waals surface area contributed by atoms with Gasteiger partial charge in [-0.3, -0.25) is 4.79 Å². The fourth-order valence-electron chi connectivity index (χ4n) is 4.36. The molecule has 146 valence electrons. The van der Waals surface area contributed by atoms with Gasteiger partial charge in [-0.2, -0.15) is 0 Å². The van der Waals surface area contributed by atoms with Crippen molar-refractivity contribution in [3.05, 3.63) is 82.9 Å². The van der Waals surface area contributed by atoms with Crippen LogP contribution in [0.5, 0.6) is 0 Å². The smallest absolute Gasteiger partial charge is 0.231 e. The second-order valence-corrected chi connectivity index (χ2v) is 8.18. The van der Waals surface area contributed by atoms with Gasteiger partial charge in [0.05, 0.1) is 12.0 Å². The van der Waals surface area contributed by atoms with Crippen LogP contribution in [-0.4, -0.2) is 41.9 Å². The number of rotatable bonds is 5. The molecule has 2 aliphatic heterocycles. The molecule has 0 spiro atoms. The first-order valence-electron chi connectivity index (χ1n) is 10.2. The van der Waals surface area contributed by atoms with Crippen LogP contribution < -0.4 is 0 Å². The normalized spacial score (nSPS) is 21.7. The van der Waals surface area contributed by atoms with Crippen molar-refractivity contribution in [2.45, 2.75) is 31.2 Å². The summed E-state index contributed by atoms with van der Waals surface area (Å²) in [4.78, 5) is 18.2. The number of allylic oxidation sites excluding steroid dienone is 1. The van der Waals surface area contributed by atoms with E-state index in [9.17, 15) is 4.79 Å². The van der Waals surface area contributed by atoms with E-state index in [0.29, 0.717) is 11.6 Å². The van der Waals surface area contributed by atoms with Crippen molar-refractivity contribution in [3.8, 4) is 0 Å². The van der Waals surface area contributed by atoms with Crippen LogP contribution in [0.15, 0.2) is 66.7 Å². The zero-order valence-corrected chi connectivity index (χ0v) is 16.9. The van der Waals surface area contributed by atoms with Crippen LogP contribution in [0, 0.1) is 0 Å². The summed E-state index contributed by atoms with van der Waals surface area (Å²) in [6.07, 6.45) is 7.51. The van der Waals surface area contributed by atoms with Gasteiger partial charge in [-0.05, 0) is 55.6 Å². The van der Waals surface area contributed by atoms with Crippen molar-refractivity contribution < 1.29 is 4.79 Å². The van der Waals surface area contributed by atoms with Gasteiger partial charge in [0.2, 0.25) is 5.91 Å². The highest BCUT2D eigenvalue weighted by Gasteiger charge is 2.33. The lowest BCUT2D eigenvalue weighted by atomic mass is 9.93. The number of carbonyl (C=O) groups excluding carboxylic acids is 1. The van der Waals surface area contributed by atoms with Crippen LogP contribution in [0.2, 0.25) is 5.02 Å². The largest absolute Gasteiger partial charge is 0.330 e. The molecule has 2 atom stereocenters. The molecule has 28 heavy (non-hydrogen) atoms. The van der Waals surface area contributed by atoms with E-state index in [2.05, 4.69) is 46.2 Å². The molecule has 2 aliphatic rings. The molecule has 4 heteroatoms. The van der Waals surface area contributed by atoms with E-state index in [1.54, 1.807) is 0 Å². The standard InChI is InChI=1S/C24H27ClN2O/c25-21-12-8-11-20(17-21)22-13-4-5-16-27(24(22)28)23(18-26-14-6-7-15-26)19-9-2-1-3-10-19/h1-5,8-12,17,22-23H,6-7,13-16,18H2. The average molecular weight is 395 g/mol. The van der Waals surface area contributed by atoms with Crippen molar-refractivity contribution in [1.82, 2.24) is 9.80 Å². The van der Waals surface area contributed by atoms with E-state index in [1.807, 2.05) is 30.3 Å². The van der Waals surface area contributed by atoms with E-state index in [-0.39, 0.29) is 17.9 Å². The van der Waals surface area contributed by atoms with Crippen LogP contribution in [0.3, 0.4) is 0 Å². The highest BCUT2D eigenvalue weighted by atomic mass is 35.5. The van der Waals surface area contributed by atoms with Crippen molar-refractivity contribution in [1.29, 1.82) is 0 Å². The Bertz CT molecular complexity index is 830. The van der Waals surface area contributed by atoms with Crippen LogP contribution in [-0.2, 0) is 4.79 Å². The van der Waals surface area contributed by atoms with Gasteiger partial charge in [0, 0.05) is 18.1 Å². The van der Waals surface area contributed by atoms with Gasteiger partial charge < -0.3 is 9.80 Å². The molecular weight excluding hydrogens is 368 g/mol. The summed E-state index contributed by atoms with van der Waals surface area (Å²) in [5.41, 5.74) is 2.21. The molecule has 2 unspecified atom stereocenters. The lowest BCUT2D eigenvalue weighted by Gasteiger charge is -2.35. The topological polar surface area (TPSA) is 23.6 Å². The predicted molar refractivity (Wildman–Crippen MR) is 115 cm³/mol. The first-order valence-corrected chi connectivity index (χ1v) is 10.6. The number of hydrogen-bond donors (Lipinski definition) is 0. The van der Waals surface area contributed by atoms with Crippen molar-refractivity contribution >= 4 is 17.5 Å². The van der Waals surface area contributed by atoms with Crippen LogP contribution >= 0.6 is 11.6 Å². The molecule has 0 bridgehead atoms. The molecule has 1 fully saturated rings. The van der Waals surface area contributed by atoms with Gasteiger partial charge in [-0.15, -0.1) is 0 Å². The van der Waals surface area contributed by atoms with E-state index < -0.39 is 0 Å². The summed E-state index contributed by atoms with van der Waals surface area (Å²) in [6.45, 7) is 3.80. The third-order valence-corrected chi connectivity index (χ3v) is 6.10. The number of amides is 1. The molecule has 1 amide bonds. The van der Waals surface area contributed by atoms with Crippen molar-refractivity contribution in [2.75, 3.05) is 26.2 Å². The first kappa shape index (κ1) is 19.2. The van der Waals surface area contributed by atoms with Crippen molar-refractivity contribution in [3.63, 3.8) is 0 Å². The molecule has 2 heterocycles. The Morgan fingerprint density at radius 1 is 1.00 bits per heavy atom. The van der Waals surface area contributed by atoms with E-state index in [1.165, 1.54) is 18.4 Å². The summed E-state index contributed by atoms with van der Waals surface area (Å²) in [7, 11) is 0. The average Bonchev–Trinajstić information content (AvgIpc) is 3.16. The zero-order valence-electron chi connectivity index (χ0n) is 16.1. The Hall–Kier alpha value is -2.10. The third-order valence-electron chi connectivity index (χ3n) is 5.86. The summed E-state index contributed by atoms with van der Waals surface area (Å²) in [5.74, 6) is 0.0163. The van der Waals surface area contributed by atoms with Gasteiger partial charge in [0.15, 0.2) is 0 Å². The minimum absolute atomic E-state index is 0.0660. The Morgan fingerprint density at radius 2 is 1.79 bits per heavy atom. The highest BCUT2D eigenvalue weighted by molar-refractivity contribution is 6.30. The molecular formula is C24H27ClN2O. The quantitative estimate of drug-likeness (QED) is 0.662. The Morgan fingerprint density at radius 3 is 2.54 bits per heavy atom. The first-order chi connectivity index (χ1) is 13.7. The maximum atomic E-state index is 13.7. The Balaban J connectivity index is 1.65. The zero-order chi connectivity index (χ0) is 19.3. The summed E-state index contributed by atoms with van der Waals surface area (Å²) in [5, 5.41) is 0.682. The molecule has 0 aliphatic carbocycles. The van der Waals surface area contributed by atoms with Gasteiger partial charge in [-0.1, -0.05) is 66.2 Å². The van der Waals surface area contributed by atoms with Gasteiger partial charge in [0.25, 0.3) is 0 Å². The molecule has 1 saturated heterocycles. The van der Waals surface area contributed by atoms with Gasteiger partial charge >= 0.3 is 0 Å². The summed E-state index contributed by atoms with van der Waals surface area (Å²) >= 11 is 6.21. The highest BCUT2D eigenvalue weighted by Crippen LogP contribution is 2.32. The number of halogens is 1. The number of nitrogens with zero attached hydrogens (tertiary/aromatic N) is 2. The summed E-state index contributed by atoms with van der Waals surface area (Å²) < 4.78 is 0. The van der Waals surface area contributed by atoms with Gasteiger partial charge in [0.1, 0.15) is 0 Å². The lowest BCUT2D eigenvalue weighted by molar-refractivity contribution is -0.134. The minimum atomic E-state index is -0.178. The number of benzene rings is 2. The summed E-state index contributed by atoms with van der Waals surface area (Å²) in [6, 6.07) is 18.3. The molecule has 4 rings (SSSR count). The van der Waals surface area contributed by atoms with Gasteiger partial charge in [-0.25, -0.2) is 0 Å².